The number of allylic oxidation sites excluding steroid dienone is 1. The minimum absolute atomic E-state index is 0.504. The second-order valence-electron chi connectivity index (χ2n) is 6.26. The van der Waals surface area contributed by atoms with Gasteiger partial charge in [0.2, 0.25) is 0 Å². The average molecular weight is 276 g/mol. The molecule has 21 heavy (non-hydrogen) atoms. The minimum atomic E-state index is 0.504. The van der Waals surface area contributed by atoms with Gasteiger partial charge in [-0.05, 0) is 53.3 Å². The Bertz CT molecular complexity index is 717. The van der Waals surface area contributed by atoms with E-state index in [9.17, 15) is 0 Å². The van der Waals surface area contributed by atoms with Gasteiger partial charge in [0.15, 0.2) is 0 Å². The van der Waals surface area contributed by atoms with Crippen molar-refractivity contribution in [2.24, 2.45) is 5.92 Å². The predicted molar refractivity (Wildman–Crippen MR) is 89.4 cm³/mol. The van der Waals surface area contributed by atoms with Gasteiger partial charge in [-0.1, -0.05) is 37.3 Å². The predicted octanol–water partition coefficient (Wildman–Crippen LogP) is 4.41. The largest absolute Gasteiger partial charge is 0.399 e. The van der Waals surface area contributed by atoms with Crippen LogP contribution in [0.25, 0.3) is 11.1 Å². The van der Waals surface area contributed by atoms with Gasteiger partial charge in [-0.3, -0.25) is 0 Å². The molecule has 1 aliphatic heterocycles. The third-order valence-corrected chi connectivity index (χ3v) is 4.80. The number of nitrogens with two attached hydrogens (primary N) is 1. The molecule has 0 aromatic heterocycles. The Morgan fingerprint density at radius 3 is 2.81 bits per heavy atom. The topological polar surface area (TPSA) is 38.0 Å². The van der Waals surface area contributed by atoms with Crippen molar-refractivity contribution in [1.82, 2.24) is 0 Å². The van der Waals surface area contributed by atoms with Crippen molar-refractivity contribution in [2.75, 3.05) is 11.1 Å². The lowest BCUT2D eigenvalue weighted by molar-refractivity contribution is 0.452. The van der Waals surface area contributed by atoms with Crippen molar-refractivity contribution in [3.05, 3.63) is 60.2 Å². The van der Waals surface area contributed by atoms with Crippen LogP contribution in [0.5, 0.6) is 0 Å². The molecule has 2 nitrogen and oxygen atoms in total. The highest BCUT2D eigenvalue weighted by Gasteiger charge is 2.35. The smallest absolute Gasteiger partial charge is 0.0393 e. The van der Waals surface area contributed by atoms with Crippen LogP contribution in [0, 0.1) is 5.92 Å². The second kappa shape index (κ2) is 4.66. The summed E-state index contributed by atoms with van der Waals surface area (Å²) in [6, 6.07) is 15.4. The molecule has 2 aromatic carbocycles. The van der Waals surface area contributed by atoms with E-state index < -0.39 is 0 Å². The van der Waals surface area contributed by atoms with E-state index in [-0.39, 0.29) is 0 Å². The monoisotopic (exact) mass is 276 g/mol. The van der Waals surface area contributed by atoms with E-state index in [0.717, 1.165) is 5.69 Å². The van der Waals surface area contributed by atoms with Gasteiger partial charge in [0, 0.05) is 23.3 Å². The van der Waals surface area contributed by atoms with Gasteiger partial charge in [0.05, 0.1) is 0 Å². The SMILES string of the molecule is CC1CC=CC2c3cc(-c4cccc(N)c4)ccc3NC12. The van der Waals surface area contributed by atoms with Gasteiger partial charge in [0.25, 0.3) is 0 Å². The Morgan fingerprint density at radius 1 is 1.10 bits per heavy atom. The summed E-state index contributed by atoms with van der Waals surface area (Å²) in [5, 5.41) is 3.70. The maximum atomic E-state index is 5.91. The van der Waals surface area contributed by atoms with Crippen LogP contribution < -0.4 is 11.1 Å². The van der Waals surface area contributed by atoms with Gasteiger partial charge in [-0.2, -0.15) is 0 Å². The van der Waals surface area contributed by atoms with Crippen LogP contribution in [-0.2, 0) is 0 Å². The van der Waals surface area contributed by atoms with Gasteiger partial charge in [-0.25, -0.2) is 0 Å². The number of rotatable bonds is 1. The number of benzene rings is 2. The van der Waals surface area contributed by atoms with E-state index >= 15 is 0 Å². The molecule has 2 heteroatoms. The molecular weight excluding hydrogens is 256 g/mol. The van der Waals surface area contributed by atoms with E-state index in [1.165, 1.54) is 28.8 Å². The Kier molecular flexibility index (Phi) is 2.78. The molecule has 4 rings (SSSR count). The summed E-state index contributed by atoms with van der Waals surface area (Å²) in [5.41, 5.74) is 11.9. The first-order chi connectivity index (χ1) is 10.2. The van der Waals surface area contributed by atoms with Crippen molar-refractivity contribution < 1.29 is 0 Å². The van der Waals surface area contributed by atoms with Crippen LogP contribution in [0.4, 0.5) is 11.4 Å². The summed E-state index contributed by atoms with van der Waals surface area (Å²) in [4.78, 5) is 0. The first-order valence-electron chi connectivity index (χ1n) is 7.65. The van der Waals surface area contributed by atoms with Crippen molar-refractivity contribution in [3.63, 3.8) is 0 Å². The third-order valence-electron chi connectivity index (χ3n) is 4.80. The van der Waals surface area contributed by atoms with Crippen LogP contribution >= 0.6 is 0 Å². The van der Waals surface area contributed by atoms with E-state index in [4.69, 9.17) is 5.73 Å². The average Bonchev–Trinajstić information content (AvgIpc) is 2.87. The van der Waals surface area contributed by atoms with Gasteiger partial charge < -0.3 is 11.1 Å². The Hall–Kier alpha value is -2.22. The van der Waals surface area contributed by atoms with Crippen molar-refractivity contribution >= 4 is 11.4 Å². The summed E-state index contributed by atoms with van der Waals surface area (Å²) in [6.07, 6.45) is 5.87. The summed E-state index contributed by atoms with van der Waals surface area (Å²) in [6.45, 7) is 2.33. The molecule has 3 atom stereocenters. The normalized spacial score (nSPS) is 26.0. The quantitative estimate of drug-likeness (QED) is 0.598. The van der Waals surface area contributed by atoms with Crippen LogP contribution in [0.15, 0.2) is 54.6 Å². The lowest BCUT2D eigenvalue weighted by Crippen LogP contribution is -2.29. The third kappa shape index (κ3) is 2.02. The molecule has 2 aromatic rings. The van der Waals surface area contributed by atoms with E-state index in [1.54, 1.807) is 0 Å². The summed E-state index contributed by atoms with van der Waals surface area (Å²) in [7, 11) is 0. The first kappa shape index (κ1) is 12.5. The molecule has 2 aliphatic rings. The number of hydrogen-bond acceptors (Lipinski definition) is 2. The highest BCUT2D eigenvalue weighted by atomic mass is 15.0. The fraction of sp³-hybridized carbons (Fsp3) is 0.263. The van der Waals surface area contributed by atoms with Crippen molar-refractivity contribution in [1.29, 1.82) is 0 Å². The molecular formula is C19H20N2. The summed E-state index contributed by atoms with van der Waals surface area (Å²) >= 11 is 0. The molecule has 1 heterocycles. The maximum Gasteiger partial charge on any atom is 0.0393 e. The number of nitrogen functional groups attached to an aromatic ring is 1. The van der Waals surface area contributed by atoms with E-state index in [1.807, 2.05) is 18.2 Å². The molecule has 0 spiro atoms. The fourth-order valence-electron chi connectivity index (χ4n) is 3.64. The summed E-state index contributed by atoms with van der Waals surface area (Å²) < 4.78 is 0. The second-order valence-corrected chi connectivity index (χ2v) is 6.26. The molecule has 0 bridgehead atoms. The zero-order valence-corrected chi connectivity index (χ0v) is 12.2. The van der Waals surface area contributed by atoms with E-state index in [0.29, 0.717) is 17.9 Å². The van der Waals surface area contributed by atoms with Crippen molar-refractivity contribution in [2.45, 2.75) is 25.3 Å². The lowest BCUT2D eigenvalue weighted by atomic mass is 9.81. The number of fused-ring (bicyclic) bond motifs is 3. The van der Waals surface area contributed by atoms with Crippen LogP contribution in [-0.4, -0.2) is 6.04 Å². The molecule has 1 aliphatic carbocycles. The molecule has 3 unspecified atom stereocenters. The molecule has 0 saturated carbocycles. The zero-order chi connectivity index (χ0) is 14.4. The molecule has 0 amide bonds. The van der Waals surface area contributed by atoms with Crippen molar-refractivity contribution in [3.8, 4) is 11.1 Å². The Labute approximate surface area is 125 Å². The van der Waals surface area contributed by atoms with E-state index in [2.05, 4.69) is 48.7 Å². The molecule has 0 saturated heterocycles. The summed E-state index contributed by atoms with van der Waals surface area (Å²) in [5.74, 6) is 1.19. The molecule has 106 valence electrons. The minimum Gasteiger partial charge on any atom is -0.399 e. The number of nitrogens with one attached hydrogen (secondary N) is 1. The molecule has 3 N–H and O–H groups in total. The number of hydrogen-bond donors (Lipinski definition) is 2. The zero-order valence-electron chi connectivity index (χ0n) is 12.2. The fourth-order valence-corrected chi connectivity index (χ4v) is 3.64. The van der Waals surface area contributed by atoms with Crippen LogP contribution in [0.3, 0.4) is 0 Å². The van der Waals surface area contributed by atoms with Gasteiger partial charge >= 0.3 is 0 Å². The Balaban J connectivity index is 1.78. The lowest BCUT2D eigenvalue weighted by Gasteiger charge is -2.27. The molecule has 0 radical (unpaired) electrons. The molecule has 0 fully saturated rings. The standard InChI is InChI=1S/C19H20N2/c1-12-4-2-7-16-17-11-14(8-9-18(17)21-19(12)16)13-5-3-6-15(20)10-13/h2-3,5-12,16,19,21H,4,20H2,1H3. The first-order valence-corrected chi connectivity index (χ1v) is 7.65. The van der Waals surface area contributed by atoms with Gasteiger partial charge in [-0.15, -0.1) is 0 Å². The maximum absolute atomic E-state index is 5.91. The Morgan fingerprint density at radius 2 is 1.95 bits per heavy atom. The highest BCUT2D eigenvalue weighted by Crippen LogP contribution is 2.44. The van der Waals surface area contributed by atoms with Crippen LogP contribution in [0.1, 0.15) is 24.8 Å². The highest BCUT2D eigenvalue weighted by molar-refractivity contribution is 5.73. The number of anilines is 2. The van der Waals surface area contributed by atoms with Gasteiger partial charge in [0.1, 0.15) is 0 Å². The van der Waals surface area contributed by atoms with Crippen LogP contribution in [0.2, 0.25) is 0 Å².